The minimum Gasteiger partial charge on any atom is -0.348 e. The highest BCUT2D eigenvalue weighted by molar-refractivity contribution is 5.97. The first-order valence-corrected chi connectivity index (χ1v) is 11.9. The van der Waals surface area contributed by atoms with Crippen molar-refractivity contribution >= 4 is 5.78 Å². The number of hydrogen-bond acceptors (Lipinski definition) is 5. The van der Waals surface area contributed by atoms with Crippen molar-refractivity contribution in [3.63, 3.8) is 0 Å². The highest BCUT2D eigenvalue weighted by atomic mass is 16.7. The third-order valence-electron chi connectivity index (χ3n) is 7.38. The largest absolute Gasteiger partial charge is 0.348 e. The molecule has 5 rings (SSSR count). The predicted octanol–water partition coefficient (Wildman–Crippen LogP) is 4.99. The smallest absolute Gasteiger partial charge is 0.168 e. The van der Waals surface area contributed by atoms with Crippen LogP contribution in [0.3, 0.4) is 0 Å². The highest BCUT2D eigenvalue weighted by Crippen LogP contribution is 2.45. The van der Waals surface area contributed by atoms with Gasteiger partial charge in [0, 0.05) is 49.1 Å². The van der Waals surface area contributed by atoms with Gasteiger partial charge in [-0.2, -0.15) is 5.26 Å². The van der Waals surface area contributed by atoms with Crippen LogP contribution in [0.25, 0.3) is 5.69 Å². The van der Waals surface area contributed by atoms with Crippen molar-refractivity contribution in [3.05, 3.63) is 82.9 Å². The molecule has 1 saturated carbocycles. The summed E-state index contributed by atoms with van der Waals surface area (Å²) in [5.41, 5.74) is 5.15. The first kappa shape index (κ1) is 22.5. The number of hydrogen-bond donors (Lipinski definition) is 0. The highest BCUT2D eigenvalue weighted by Gasteiger charge is 2.48. The molecular formula is C28H29N3O3. The maximum atomic E-state index is 12.9. The van der Waals surface area contributed by atoms with Crippen molar-refractivity contribution in [2.75, 3.05) is 13.2 Å². The average Bonchev–Trinajstić information content (AvgIpc) is 3.53. The Kier molecular flexibility index (Phi) is 5.85. The molecule has 1 aromatic carbocycles. The molecule has 0 radical (unpaired) electrons. The van der Waals surface area contributed by atoms with Crippen LogP contribution in [-0.4, -0.2) is 34.3 Å². The number of ketones is 1. The summed E-state index contributed by atoms with van der Waals surface area (Å²) in [4.78, 5) is 17.5. The van der Waals surface area contributed by atoms with E-state index in [2.05, 4.69) is 43.1 Å². The fourth-order valence-corrected chi connectivity index (χ4v) is 4.98. The van der Waals surface area contributed by atoms with E-state index >= 15 is 0 Å². The zero-order chi connectivity index (χ0) is 23.8. The van der Waals surface area contributed by atoms with E-state index in [1.807, 2.05) is 35.2 Å². The van der Waals surface area contributed by atoms with E-state index in [-0.39, 0.29) is 12.2 Å². The standard InChI is InChI=1S/C28H29N3O3/c1-20-3-5-24(15-21(20)2)31-12-7-23(18-31)25(32)16-22-4-6-26(30-17-22)27(19-29)8-10-28(11-9-27)33-13-14-34-28/h3-7,12,15,17-18H,8-11,13-14,16H2,1-2H3. The molecule has 0 unspecified atom stereocenters. The molecule has 3 aromatic rings. The SMILES string of the molecule is Cc1ccc(-n2ccc(C(=O)Cc3ccc(C4(C#N)CCC5(CC4)OCCO5)nc3)c2)cc1C. The minimum atomic E-state index is -0.632. The van der Waals surface area contributed by atoms with Crippen molar-refractivity contribution in [1.29, 1.82) is 5.26 Å². The van der Waals surface area contributed by atoms with Crippen LogP contribution in [0.15, 0.2) is 55.0 Å². The Hall–Kier alpha value is -3.27. The molecule has 6 heteroatoms. The van der Waals surface area contributed by atoms with Gasteiger partial charge in [0.25, 0.3) is 0 Å². The molecule has 0 N–H and O–H groups in total. The number of aryl methyl sites for hydroxylation is 2. The summed E-state index contributed by atoms with van der Waals surface area (Å²) in [6, 6.07) is 14.5. The zero-order valence-corrected chi connectivity index (χ0v) is 19.7. The lowest BCUT2D eigenvalue weighted by atomic mass is 9.70. The maximum absolute atomic E-state index is 12.9. The molecule has 174 valence electrons. The number of aromatic nitrogens is 2. The number of nitriles is 1. The second-order valence-corrected chi connectivity index (χ2v) is 9.53. The lowest BCUT2D eigenvalue weighted by Crippen LogP contribution is -2.41. The van der Waals surface area contributed by atoms with Gasteiger partial charge in [0.05, 0.1) is 30.4 Å². The molecule has 6 nitrogen and oxygen atoms in total. The molecule has 1 spiro atoms. The summed E-state index contributed by atoms with van der Waals surface area (Å²) in [5, 5.41) is 9.99. The Labute approximate surface area is 200 Å². The Morgan fingerprint density at radius 3 is 2.47 bits per heavy atom. The van der Waals surface area contributed by atoms with Crippen LogP contribution in [-0.2, 0) is 21.3 Å². The molecule has 0 bridgehead atoms. The number of nitrogens with zero attached hydrogens (tertiary/aromatic N) is 3. The van der Waals surface area contributed by atoms with Gasteiger partial charge >= 0.3 is 0 Å². The topological polar surface area (TPSA) is 77.1 Å². The Morgan fingerprint density at radius 2 is 1.82 bits per heavy atom. The van der Waals surface area contributed by atoms with Crippen molar-refractivity contribution < 1.29 is 14.3 Å². The van der Waals surface area contributed by atoms with Gasteiger partial charge in [0.2, 0.25) is 0 Å². The quantitative estimate of drug-likeness (QED) is 0.507. The lowest BCUT2D eigenvalue weighted by molar-refractivity contribution is -0.182. The normalized spacial score (nSPS) is 18.6. The number of Topliss-reactive ketones (excluding diaryl/α,β-unsaturated/α-hetero) is 1. The predicted molar refractivity (Wildman–Crippen MR) is 128 cm³/mol. The molecule has 1 saturated heterocycles. The third-order valence-corrected chi connectivity index (χ3v) is 7.38. The summed E-state index contributed by atoms with van der Waals surface area (Å²) in [6.07, 6.45) is 8.50. The van der Waals surface area contributed by atoms with Gasteiger partial charge in [0.15, 0.2) is 11.6 Å². The van der Waals surface area contributed by atoms with Crippen molar-refractivity contribution in [2.45, 2.75) is 57.2 Å². The molecule has 0 atom stereocenters. The number of carbonyl (C=O) groups is 1. The second-order valence-electron chi connectivity index (χ2n) is 9.53. The van der Waals surface area contributed by atoms with Gasteiger partial charge in [0.1, 0.15) is 0 Å². The Bertz CT molecular complexity index is 1240. The molecular weight excluding hydrogens is 426 g/mol. The van der Waals surface area contributed by atoms with Gasteiger partial charge in [-0.15, -0.1) is 0 Å². The maximum Gasteiger partial charge on any atom is 0.168 e. The van der Waals surface area contributed by atoms with Crippen LogP contribution in [0.4, 0.5) is 0 Å². The van der Waals surface area contributed by atoms with Crippen molar-refractivity contribution in [1.82, 2.24) is 9.55 Å². The van der Waals surface area contributed by atoms with Gasteiger partial charge in [-0.05, 0) is 67.6 Å². The molecule has 2 fully saturated rings. The van der Waals surface area contributed by atoms with Gasteiger partial charge < -0.3 is 14.0 Å². The second kappa shape index (κ2) is 8.83. The Morgan fingerprint density at radius 1 is 1.06 bits per heavy atom. The molecule has 34 heavy (non-hydrogen) atoms. The molecule has 3 heterocycles. The number of ether oxygens (including phenoxy) is 2. The number of rotatable bonds is 5. The van der Waals surface area contributed by atoms with Crippen LogP contribution in [0.2, 0.25) is 0 Å². The fourth-order valence-electron chi connectivity index (χ4n) is 4.98. The third kappa shape index (κ3) is 4.18. The first-order valence-electron chi connectivity index (χ1n) is 11.9. The summed E-state index contributed by atoms with van der Waals surface area (Å²) >= 11 is 0. The van der Waals surface area contributed by atoms with Crippen molar-refractivity contribution in [3.8, 4) is 11.8 Å². The van der Waals surface area contributed by atoms with E-state index in [4.69, 9.17) is 9.47 Å². The van der Waals surface area contributed by atoms with Crippen LogP contribution in [0.5, 0.6) is 0 Å². The number of carbonyl (C=O) groups excluding carboxylic acids is 1. The van der Waals surface area contributed by atoms with E-state index in [0.717, 1.165) is 16.9 Å². The van der Waals surface area contributed by atoms with Crippen LogP contribution < -0.4 is 0 Å². The van der Waals surface area contributed by atoms with E-state index in [0.29, 0.717) is 44.5 Å². The van der Waals surface area contributed by atoms with E-state index in [1.54, 1.807) is 6.20 Å². The van der Waals surface area contributed by atoms with Crippen LogP contribution in [0, 0.1) is 25.2 Å². The van der Waals surface area contributed by atoms with Gasteiger partial charge in [-0.1, -0.05) is 12.1 Å². The lowest BCUT2D eigenvalue weighted by Gasteiger charge is -2.39. The molecule has 2 aliphatic rings. The van der Waals surface area contributed by atoms with Crippen LogP contribution in [0.1, 0.15) is 58.4 Å². The zero-order valence-electron chi connectivity index (χ0n) is 19.7. The average molecular weight is 456 g/mol. The van der Waals surface area contributed by atoms with E-state index < -0.39 is 11.2 Å². The molecule has 0 amide bonds. The number of pyridine rings is 1. The van der Waals surface area contributed by atoms with Gasteiger partial charge in [-0.3, -0.25) is 9.78 Å². The van der Waals surface area contributed by atoms with E-state index in [1.165, 1.54) is 11.1 Å². The van der Waals surface area contributed by atoms with Gasteiger partial charge in [-0.25, -0.2) is 0 Å². The molecule has 1 aliphatic heterocycles. The monoisotopic (exact) mass is 455 g/mol. The summed E-state index contributed by atoms with van der Waals surface area (Å²) in [7, 11) is 0. The molecule has 1 aliphatic carbocycles. The van der Waals surface area contributed by atoms with E-state index in [9.17, 15) is 10.1 Å². The molecule has 2 aromatic heterocycles. The summed E-state index contributed by atoms with van der Waals surface area (Å²) in [5.74, 6) is -0.470. The summed E-state index contributed by atoms with van der Waals surface area (Å²) in [6.45, 7) is 5.41. The number of benzene rings is 1. The van der Waals surface area contributed by atoms with Crippen LogP contribution >= 0.6 is 0 Å². The minimum absolute atomic E-state index is 0.0438. The summed E-state index contributed by atoms with van der Waals surface area (Å²) < 4.78 is 13.6. The fraction of sp³-hybridized carbons (Fsp3) is 0.393. The first-order chi connectivity index (χ1) is 16.4. The Balaban J connectivity index is 1.26. The van der Waals surface area contributed by atoms with Crippen molar-refractivity contribution in [2.24, 2.45) is 0 Å².